The van der Waals surface area contributed by atoms with Gasteiger partial charge in [-0.15, -0.1) is 0 Å². The molecule has 3 rings (SSSR count). The molecule has 3 aromatic rings. The minimum atomic E-state index is -0.285. The van der Waals surface area contributed by atoms with Crippen molar-refractivity contribution >= 4 is 17.6 Å². The number of hydrogen-bond donors (Lipinski definition) is 1. The van der Waals surface area contributed by atoms with E-state index >= 15 is 0 Å². The Morgan fingerprint density at radius 2 is 1.70 bits per heavy atom. The lowest BCUT2D eigenvalue weighted by molar-refractivity contribution is -0.116. The van der Waals surface area contributed by atoms with Gasteiger partial charge < -0.3 is 15.0 Å². The molecule has 7 nitrogen and oxygen atoms in total. The summed E-state index contributed by atoms with van der Waals surface area (Å²) in [6.45, 7) is 10.4. The SMILES string of the molecule is CCN(CC(=O)Nc1cc(C(C)(C)C)nn1-c1ccc(OC)cc1)C(=O)c1ccc(C)cc1. The number of aromatic nitrogens is 2. The van der Waals surface area contributed by atoms with Gasteiger partial charge in [0.05, 0.1) is 18.5 Å². The van der Waals surface area contributed by atoms with Crippen molar-refractivity contribution in [2.75, 3.05) is 25.5 Å². The monoisotopic (exact) mass is 448 g/mol. The molecule has 0 bridgehead atoms. The Labute approximate surface area is 195 Å². The Bertz CT molecular complexity index is 1110. The highest BCUT2D eigenvalue weighted by Gasteiger charge is 2.23. The molecule has 1 aromatic heterocycles. The van der Waals surface area contributed by atoms with E-state index in [1.807, 2.05) is 56.3 Å². The van der Waals surface area contributed by atoms with Crippen molar-refractivity contribution in [1.82, 2.24) is 14.7 Å². The lowest BCUT2D eigenvalue weighted by Crippen LogP contribution is -2.38. The summed E-state index contributed by atoms with van der Waals surface area (Å²) in [6.07, 6.45) is 0. The molecule has 0 saturated carbocycles. The van der Waals surface area contributed by atoms with Crippen molar-refractivity contribution in [1.29, 1.82) is 0 Å². The first-order valence-corrected chi connectivity index (χ1v) is 11.0. The zero-order chi connectivity index (χ0) is 24.2. The number of rotatable bonds is 7. The van der Waals surface area contributed by atoms with E-state index in [1.54, 1.807) is 23.9 Å². The second-order valence-corrected chi connectivity index (χ2v) is 9.01. The molecule has 0 atom stereocenters. The second-order valence-electron chi connectivity index (χ2n) is 9.01. The molecule has 0 fully saturated rings. The summed E-state index contributed by atoms with van der Waals surface area (Å²) in [5, 5.41) is 7.68. The second kappa shape index (κ2) is 9.90. The number of nitrogens with zero attached hydrogens (tertiary/aromatic N) is 3. The maximum atomic E-state index is 12.9. The summed E-state index contributed by atoms with van der Waals surface area (Å²) < 4.78 is 6.95. The standard InChI is InChI=1S/C26H32N4O3/c1-7-29(25(32)19-10-8-18(2)9-11-19)17-24(31)27-23-16-22(26(3,4)5)28-30(23)20-12-14-21(33-6)15-13-20/h8-16H,7,17H2,1-6H3,(H,27,31). The summed E-state index contributed by atoms with van der Waals surface area (Å²) in [5.74, 6) is 0.828. The van der Waals surface area contributed by atoms with Gasteiger partial charge in [-0.25, -0.2) is 4.68 Å². The lowest BCUT2D eigenvalue weighted by atomic mass is 9.92. The topological polar surface area (TPSA) is 76.5 Å². The predicted molar refractivity (Wildman–Crippen MR) is 130 cm³/mol. The van der Waals surface area contributed by atoms with Crippen LogP contribution in [-0.2, 0) is 10.2 Å². The third-order valence-corrected chi connectivity index (χ3v) is 5.36. The number of carbonyl (C=O) groups is 2. The first kappa shape index (κ1) is 24.0. The Balaban J connectivity index is 1.83. The molecule has 0 aliphatic carbocycles. The maximum Gasteiger partial charge on any atom is 0.254 e. The van der Waals surface area contributed by atoms with Gasteiger partial charge in [0.2, 0.25) is 5.91 Å². The van der Waals surface area contributed by atoms with Crippen molar-refractivity contribution in [3.8, 4) is 11.4 Å². The van der Waals surface area contributed by atoms with Gasteiger partial charge in [-0.05, 0) is 50.2 Å². The highest BCUT2D eigenvalue weighted by atomic mass is 16.5. The first-order valence-electron chi connectivity index (χ1n) is 11.0. The zero-order valence-corrected chi connectivity index (χ0v) is 20.2. The van der Waals surface area contributed by atoms with E-state index < -0.39 is 0 Å². The predicted octanol–water partition coefficient (Wildman–Crippen LogP) is 4.59. The average molecular weight is 449 g/mol. The van der Waals surface area contributed by atoms with Crippen molar-refractivity contribution in [2.24, 2.45) is 0 Å². The molecular weight excluding hydrogens is 416 g/mol. The molecule has 0 saturated heterocycles. The van der Waals surface area contributed by atoms with Crippen LogP contribution in [0.25, 0.3) is 5.69 Å². The minimum absolute atomic E-state index is 0.0537. The number of carbonyl (C=O) groups excluding carboxylic acids is 2. The molecule has 0 unspecified atom stereocenters. The lowest BCUT2D eigenvalue weighted by Gasteiger charge is -2.20. The normalized spacial score (nSPS) is 11.2. The molecule has 2 aromatic carbocycles. The Hall–Kier alpha value is -3.61. The van der Waals surface area contributed by atoms with Crippen LogP contribution in [0.3, 0.4) is 0 Å². The van der Waals surface area contributed by atoms with Gasteiger partial charge in [0, 0.05) is 23.6 Å². The van der Waals surface area contributed by atoms with Crippen molar-refractivity contribution in [3.05, 3.63) is 71.4 Å². The summed E-state index contributed by atoms with van der Waals surface area (Å²) in [5.41, 5.74) is 3.08. The van der Waals surface area contributed by atoms with E-state index in [-0.39, 0.29) is 23.8 Å². The van der Waals surface area contributed by atoms with Crippen LogP contribution in [0.1, 0.15) is 49.3 Å². The fourth-order valence-electron chi connectivity index (χ4n) is 3.32. The number of aryl methyl sites for hydroxylation is 1. The number of methoxy groups -OCH3 is 1. The quantitative estimate of drug-likeness (QED) is 0.574. The van der Waals surface area contributed by atoms with Gasteiger partial charge >= 0.3 is 0 Å². The fourth-order valence-corrected chi connectivity index (χ4v) is 3.32. The molecule has 33 heavy (non-hydrogen) atoms. The van der Waals surface area contributed by atoms with Crippen LogP contribution < -0.4 is 10.1 Å². The molecule has 0 spiro atoms. The third-order valence-electron chi connectivity index (χ3n) is 5.36. The fraction of sp³-hybridized carbons (Fsp3) is 0.346. The van der Waals surface area contributed by atoms with Crippen molar-refractivity contribution < 1.29 is 14.3 Å². The van der Waals surface area contributed by atoms with E-state index in [9.17, 15) is 9.59 Å². The van der Waals surface area contributed by atoms with E-state index in [0.717, 1.165) is 22.7 Å². The third kappa shape index (κ3) is 5.80. The van der Waals surface area contributed by atoms with Crippen LogP contribution in [0.5, 0.6) is 5.75 Å². The van der Waals surface area contributed by atoms with E-state index in [4.69, 9.17) is 9.84 Å². The van der Waals surface area contributed by atoms with E-state index in [2.05, 4.69) is 26.1 Å². The van der Waals surface area contributed by atoms with Crippen LogP contribution in [0.2, 0.25) is 0 Å². The van der Waals surface area contributed by atoms with Gasteiger partial charge in [0.1, 0.15) is 18.1 Å². The number of benzene rings is 2. The summed E-state index contributed by atoms with van der Waals surface area (Å²) in [4.78, 5) is 27.4. The van der Waals surface area contributed by atoms with Crippen molar-refractivity contribution in [2.45, 2.75) is 40.0 Å². The number of amides is 2. The van der Waals surface area contributed by atoms with Crippen LogP contribution in [0.15, 0.2) is 54.6 Å². The van der Waals surface area contributed by atoms with E-state index in [0.29, 0.717) is 17.9 Å². The van der Waals surface area contributed by atoms with Crippen LogP contribution >= 0.6 is 0 Å². The number of ether oxygens (including phenoxy) is 1. The van der Waals surface area contributed by atoms with Gasteiger partial charge in [-0.3, -0.25) is 9.59 Å². The van der Waals surface area contributed by atoms with Gasteiger partial charge in [0.25, 0.3) is 5.91 Å². The molecule has 174 valence electrons. The van der Waals surface area contributed by atoms with Gasteiger partial charge in [0.15, 0.2) is 0 Å². The highest BCUT2D eigenvalue weighted by molar-refractivity contribution is 5.99. The van der Waals surface area contributed by atoms with Crippen LogP contribution in [0.4, 0.5) is 5.82 Å². The van der Waals surface area contributed by atoms with Crippen LogP contribution in [-0.4, -0.2) is 46.7 Å². The average Bonchev–Trinajstić information content (AvgIpc) is 3.21. The van der Waals surface area contributed by atoms with Gasteiger partial charge in [-0.2, -0.15) is 5.10 Å². The molecule has 0 aliphatic heterocycles. The number of anilines is 1. The summed E-state index contributed by atoms with van der Waals surface area (Å²) in [7, 11) is 1.61. The Morgan fingerprint density at radius 1 is 1.06 bits per heavy atom. The van der Waals surface area contributed by atoms with Crippen LogP contribution in [0, 0.1) is 6.92 Å². The van der Waals surface area contributed by atoms with E-state index in [1.165, 1.54) is 4.90 Å². The minimum Gasteiger partial charge on any atom is -0.497 e. The summed E-state index contributed by atoms with van der Waals surface area (Å²) in [6, 6.07) is 16.7. The molecule has 0 radical (unpaired) electrons. The maximum absolute atomic E-state index is 12.9. The Morgan fingerprint density at radius 3 is 2.24 bits per heavy atom. The van der Waals surface area contributed by atoms with Gasteiger partial charge in [-0.1, -0.05) is 38.5 Å². The zero-order valence-electron chi connectivity index (χ0n) is 20.2. The molecule has 2 amide bonds. The molecular formula is C26H32N4O3. The van der Waals surface area contributed by atoms with Crippen molar-refractivity contribution in [3.63, 3.8) is 0 Å². The molecule has 1 N–H and O–H groups in total. The smallest absolute Gasteiger partial charge is 0.254 e. The highest BCUT2D eigenvalue weighted by Crippen LogP contribution is 2.27. The largest absolute Gasteiger partial charge is 0.497 e. The Kier molecular flexibility index (Phi) is 7.21. The molecule has 1 heterocycles. The summed E-state index contributed by atoms with van der Waals surface area (Å²) >= 11 is 0. The number of hydrogen-bond acceptors (Lipinski definition) is 4. The molecule has 7 heteroatoms. The number of nitrogens with one attached hydrogen (secondary N) is 1. The molecule has 0 aliphatic rings. The first-order chi connectivity index (χ1) is 15.6. The number of likely N-dealkylation sites (N-methyl/N-ethyl adjacent to an activating group) is 1.